The summed E-state index contributed by atoms with van der Waals surface area (Å²) < 4.78 is 0. The molecule has 5 heteroatoms. The summed E-state index contributed by atoms with van der Waals surface area (Å²) in [5.74, 6) is 0.129. The third-order valence-corrected chi connectivity index (χ3v) is 7.92. The van der Waals surface area contributed by atoms with Crippen LogP contribution in [0.25, 0.3) is 0 Å². The number of aliphatic carboxylic acids is 1. The van der Waals surface area contributed by atoms with Crippen LogP contribution in [0.3, 0.4) is 0 Å². The van der Waals surface area contributed by atoms with Crippen molar-refractivity contribution in [2.75, 3.05) is 0 Å². The minimum absolute atomic E-state index is 0.0189. The fourth-order valence-corrected chi connectivity index (χ4v) is 5.99. The highest BCUT2D eigenvalue weighted by Gasteiger charge is 2.41. The van der Waals surface area contributed by atoms with Gasteiger partial charge >= 0.3 is 5.97 Å². The number of hydrogen-bond acceptors (Lipinski definition) is 3. The number of carboxylic acids is 1. The molecule has 0 spiro atoms. The zero-order chi connectivity index (χ0) is 22.9. The number of rotatable bonds is 11. The topological polar surface area (TPSA) is 77.8 Å². The molecular weight excluding hydrogens is 424 g/mol. The molecule has 2 saturated carbocycles. The number of aliphatic hydroxyl groups excluding tert-OH is 2. The number of carbonyl (C=O) groups is 1. The Bertz CT molecular complexity index is 726. The minimum Gasteiger partial charge on any atom is -0.481 e. The lowest BCUT2D eigenvalue weighted by atomic mass is 9.83. The second-order valence-corrected chi connectivity index (χ2v) is 10.3. The van der Waals surface area contributed by atoms with E-state index in [-0.39, 0.29) is 23.6 Å². The van der Waals surface area contributed by atoms with Crippen molar-refractivity contribution in [3.63, 3.8) is 0 Å². The smallest absolute Gasteiger partial charge is 0.303 e. The average molecular weight is 463 g/mol. The maximum Gasteiger partial charge on any atom is 0.303 e. The molecule has 1 aromatic rings. The van der Waals surface area contributed by atoms with Crippen LogP contribution >= 0.6 is 11.6 Å². The van der Waals surface area contributed by atoms with Gasteiger partial charge in [-0.25, -0.2) is 0 Å². The van der Waals surface area contributed by atoms with E-state index in [0.717, 1.165) is 42.7 Å². The number of allylic oxidation sites excluding steroid dienone is 2. The Kier molecular flexibility index (Phi) is 10.1. The Morgan fingerprint density at radius 1 is 1.12 bits per heavy atom. The molecule has 4 nitrogen and oxygen atoms in total. The first-order valence-corrected chi connectivity index (χ1v) is 12.9. The van der Waals surface area contributed by atoms with E-state index in [9.17, 15) is 15.0 Å². The predicted molar refractivity (Wildman–Crippen MR) is 129 cm³/mol. The van der Waals surface area contributed by atoms with Crippen LogP contribution in [-0.4, -0.2) is 32.8 Å². The number of unbranched alkanes of at least 4 members (excludes halogenated alkanes) is 1. The van der Waals surface area contributed by atoms with Crippen LogP contribution in [0.5, 0.6) is 0 Å². The van der Waals surface area contributed by atoms with Crippen LogP contribution < -0.4 is 0 Å². The first-order chi connectivity index (χ1) is 15.5. The van der Waals surface area contributed by atoms with E-state index < -0.39 is 18.2 Å². The van der Waals surface area contributed by atoms with Crippen LogP contribution in [0.2, 0.25) is 0 Å². The van der Waals surface area contributed by atoms with Gasteiger partial charge in [-0.1, -0.05) is 68.5 Å². The number of hydrogen-bond donors (Lipinski definition) is 3. The molecule has 0 radical (unpaired) electrons. The zero-order valence-electron chi connectivity index (χ0n) is 19.0. The number of halogens is 1. The first kappa shape index (κ1) is 25.3. The molecule has 0 saturated heterocycles. The van der Waals surface area contributed by atoms with Crippen molar-refractivity contribution in [2.24, 2.45) is 11.8 Å². The van der Waals surface area contributed by atoms with Crippen LogP contribution in [0, 0.1) is 11.8 Å². The van der Waals surface area contributed by atoms with Gasteiger partial charge in [0.05, 0.1) is 12.2 Å². The summed E-state index contributed by atoms with van der Waals surface area (Å²) in [4.78, 5) is 10.6. The molecule has 1 unspecified atom stereocenters. The standard InChI is InChI=1S/C27H39ClO4/c28-23-18-25(30)27(22(23)10-6-1-2-7-11-26(31)32)21-15-13-20(14-16-21)24(29)17-12-19-8-4-3-5-9-19/h1,6,13-16,19,22-25,27,29-30H,2-5,7-12,17-18H2,(H,31,32)/b6-1-/t22-,23-,24?,25+,27+/m0/s1. The summed E-state index contributed by atoms with van der Waals surface area (Å²) in [6.07, 6.45) is 14.7. The molecule has 0 bridgehead atoms. The lowest BCUT2D eigenvalue weighted by molar-refractivity contribution is -0.137. The SMILES string of the molecule is O=C(O)CCC/C=C\C[C@@H]1[C@@H](c2ccc(C(O)CCC3CCCCC3)cc2)[C@H](O)C[C@@H]1Cl. The molecule has 2 fully saturated rings. The van der Waals surface area contributed by atoms with E-state index in [1.165, 1.54) is 32.1 Å². The quantitative estimate of drug-likeness (QED) is 0.203. The van der Waals surface area contributed by atoms with E-state index in [1.807, 2.05) is 30.3 Å². The minimum atomic E-state index is -0.763. The number of carboxylic acid groups (broad SMARTS) is 1. The summed E-state index contributed by atoms with van der Waals surface area (Å²) in [5.41, 5.74) is 2.03. The summed E-state index contributed by atoms with van der Waals surface area (Å²) in [6.45, 7) is 0. The molecule has 0 amide bonds. The molecule has 0 heterocycles. The van der Waals surface area contributed by atoms with E-state index in [2.05, 4.69) is 6.08 Å². The second kappa shape index (κ2) is 12.8. The van der Waals surface area contributed by atoms with Crippen LogP contribution in [0.4, 0.5) is 0 Å². The largest absolute Gasteiger partial charge is 0.481 e. The van der Waals surface area contributed by atoms with Gasteiger partial charge < -0.3 is 15.3 Å². The molecule has 5 atom stereocenters. The van der Waals surface area contributed by atoms with Gasteiger partial charge in [0.15, 0.2) is 0 Å². The molecule has 178 valence electrons. The molecule has 2 aliphatic carbocycles. The molecule has 0 aliphatic heterocycles. The molecular formula is C27H39ClO4. The van der Waals surface area contributed by atoms with Crippen molar-refractivity contribution in [2.45, 2.75) is 101 Å². The maximum absolute atomic E-state index is 10.7. The Balaban J connectivity index is 1.54. The van der Waals surface area contributed by atoms with Crippen molar-refractivity contribution >= 4 is 17.6 Å². The number of alkyl halides is 1. The maximum atomic E-state index is 10.7. The van der Waals surface area contributed by atoms with E-state index >= 15 is 0 Å². The Morgan fingerprint density at radius 2 is 1.84 bits per heavy atom. The van der Waals surface area contributed by atoms with Gasteiger partial charge in [-0.15, -0.1) is 11.6 Å². The normalized spacial score (nSPS) is 27.7. The fourth-order valence-electron chi connectivity index (χ4n) is 5.54. The van der Waals surface area contributed by atoms with Crippen LogP contribution in [0.1, 0.15) is 100 Å². The van der Waals surface area contributed by atoms with Gasteiger partial charge in [0.1, 0.15) is 0 Å². The highest BCUT2D eigenvalue weighted by Crippen LogP contribution is 2.45. The lowest BCUT2D eigenvalue weighted by Crippen LogP contribution is -2.18. The van der Waals surface area contributed by atoms with Gasteiger partial charge in [-0.2, -0.15) is 0 Å². The number of benzene rings is 1. The zero-order valence-corrected chi connectivity index (χ0v) is 19.8. The van der Waals surface area contributed by atoms with E-state index in [4.69, 9.17) is 16.7 Å². The molecule has 1 aromatic carbocycles. The first-order valence-electron chi connectivity index (χ1n) is 12.4. The summed E-state index contributed by atoms with van der Waals surface area (Å²) >= 11 is 6.58. The van der Waals surface area contributed by atoms with E-state index in [0.29, 0.717) is 12.8 Å². The van der Waals surface area contributed by atoms with Crippen LogP contribution in [-0.2, 0) is 4.79 Å². The molecule has 3 N–H and O–H groups in total. The Labute approximate surface area is 197 Å². The molecule has 3 rings (SSSR count). The third kappa shape index (κ3) is 7.33. The number of aliphatic hydroxyl groups is 2. The highest BCUT2D eigenvalue weighted by atomic mass is 35.5. The summed E-state index contributed by atoms with van der Waals surface area (Å²) in [5, 5.41) is 30.0. The fraction of sp³-hybridized carbons (Fsp3) is 0.667. The predicted octanol–water partition coefficient (Wildman–Crippen LogP) is 6.35. The van der Waals surface area contributed by atoms with Gasteiger partial charge in [0.25, 0.3) is 0 Å². The Morgan fingerprint density at radius 3 is 2.53 bits per heavy atom. The molecule has 0 aromatic heterocycles. The van der Waals surface area contributed by atoms with E-state index in [1.54, 1.807) is 0 Å². The van der Waals surface area contributed by atoms with Gasteiger partial charge in [-0.05, 0) is 61.5 Å². The van der Waals surface area contributed by atoms with Gasteiger partial charge in [-0.3, -0.25) is 4.79 Å². The highest BCUT2D eigenvalue weighted by molar-refractivity contribution is 6.21. The van der Waals surface area contributed by atoms with Crippen molar-refractivity contribution in [3.8, 4) is 0 Å². The van der Waals surface area contributed by atoms with Crippen molar-refractivity contribution in [1.82, 2.24) is 0 Å². The van der Waals surface area contributed by atoms with Crippen molar-refractivity contribution in [3.05, 3.63) is 47.5 Å². The second-order valence-electron chi connectivity index (χ2n) is 9.77. The lowest BCUT2D eigenvalue weighted by Gasteiger charge is -2.24. The molecule has 2 aliphatic rings. The average Bonchev–Trinajstić information content (AvgIpc) is 3.07. The summed E-state index contributed by atoms with van der Waals surface area (Å²) in [7, 11) is 0. The van der Waals surface area contributed by atoms with Gasteiger partial charge in [0, 0.05) is 17.7 Å². The summed E-state index contributed by atoms with van der Waals surface area (Å²) in [6, 6.07) is 8.11. The van der Waals surface area contributed by atoms with Crippen molar-refractivity contribution in [1.29, 1.82) is 0 Å². The monoisotopic (exact) mass is 462 g/mol. The van der Waals surface area contributed by atoms with Crippen molar-refractivity contribution < 1.29 is 20.1 Å². The molecule has 32 heavy (non-hydrogen) atoms. The van der Waals surface area contributed by atoms with Gasteiger partial charge in [0.2, 0.25) is 0 Å². The van der Waals surface area contributed by atoms with Crippen LogP contribution in [0.15, 0.2) is 36.4 Å². The Hall–Kier alpha value is -1.36. The third-order valence-electron chi connectivity index (χ3n) is 7.42.